The second kappa shape index (κ2) is 12.6. The van der Waals surface area contributed by atoms with Crippen LogP contribution < -0.4 is 20.1 Å². The second-order valence-electron chi connectivity index (χ2n) is 8.51. The number of para-hydroxylation sites is 2. The molecule has 4 rings (SSSR count). The molecular formula is C28H31BrN4O3. The molecule has 0 aliphatic rings. The van der Waals surface area contributed by atoms with E-state index in [-0.39, 0.29) is 12.5 Å². The van der Waals surface area contributed by atoms with Crippen molar-refractivity contribution < 1.29 is 14.3 Å². The quantitative estimate of drug-likeness (QED) is 0.195. The van der Waals surface area contributed by atoms with Crippen LogP contribution in [0.5, 0.6) is 11.5 Å². The van der Waals surface area contributed by atoms with E-state index in [0.717, 1.165) is 57.5 Å². The maximum atomic E-state index is 12.3. The van der Waals surface area contributed by atoms with Crippen LogP contribution in [0.25, 0.3) is 11.0 Å². The van der Waals surface area contributed by atoms with Crippen LogP contribution in [0.2, 0.25) is 0 Å². The molecule has 1 aromatic heterocycles. The van der Waals surface area contributed by atoms with Gasteiger partial charge in [0.2, 0.25) is 0 Å². The number of amides is 1. The van der Waals surface area contributed by atoms with Crippen molar-refractivity contribution in [1.82, 2.24) is 15.3 Å². The maximum absolute atomic E-state index is 12.3. The Hall–Kier alpha value is -3.36. The monoisotopic (exact) mass is 550 g/mol. The first-order chi connectivity index (χ1) is 17.5. The van der Waals surface area contributed by atoms with Crippen LogP contribution in [0.4, 0.5) is 5.69 Å². The third kappa shape index (κ3) is 7.08. The standard InChI is InChI=1S/C28H31BrN4O3/c1-3-35-25-15-20(17-30-14-6-9-27-32-23-7-4-5-8-24(23)33-27)22(29)16-26(25)36-18-28(34)31-21-12-10-19(2)11-13-21/h4-5,7-8,10-13,15-16,30H,3,6,9,14,17-18H2,1-2H3,(H,31,34)(H,32,33). The molecule has 0 saturated carbocycles. The van der Waals surface area contributed by atoms with Crippen LogP contribution in [-0.4, -0.2) is 35.6 Å². The normalized spacial score (nSPS) is 11.0. The molecule has 3 aromatic carbocycles. The van der Waals surface area contributed by atoms with Gasteiger partial charge in [-0.15, -0.1) is 0 Å². The van der Waals surface area contributed by atoms with E-state index < -0.39 is 0 Å². The van der Waals surface area contributed by atoms with Gasteiger partial charge in [-0.25, -0.2) is 4.98 Å². The van der Waals surface area contributed by atoms with Crippen LogP contribution in [0.15, 0.2) is 65.1 Å². The number of aromatic amines is 1. The highest BCUT2D eigenvalue weighted by molar-refractivity contribution is 9.10. The minimum absolute atomic E-state index is 0.111. The molecule has 36 heavy (non-hydrogen) atoms. The van der Waals surface area contributed by atoms with E-state index in [4.69, 9.17) is 9.47 Å². The number of rotatable bonds is 12. The molecule has 0 fully saturated rings. The minimum Gasteiger partial charge on any atom is -0.490 e. The largest absolute Gasteiger partial charge is 0.490 e. The number of carbonyl (C=O) groups is 1. The van der Waals surface area contributed by atoms with Crippen LogP contribution in [-0.2, 0) is 17.8 Å². The molecule has 0 unspecified atom stereocenters. The molecule has 188 valence electrons. The Morgan fingerprint density at radius 2 is 1.83 bits per heavy atom. The summed E-state index contributed by atoms with van der Waals surface area (Å²) in [7, 11) is 0. The SMILES string of the molecule is CCOc1cc(CNCCCc2nc3ccccc3[nH]2)c(Br)cc1OCC(=O)Nc1ccc(C)cc1. The third-order valence-electron chi connectivity index (χ3n) is 5.63. The van der Waals surface area contributed by atoms with Crippen LogP contribution >= 0.6 is 15.9 Å². The smallest absolute Gasteiger partial charge is 0.262 e. The van der Waals surface area contributed by atoms with Gasteiger partial charge in [-0.3, -0.25) is 4.79 Å². The van der Waals surface area contributed by atoms with E-state index in [0.29, 0.717) is 24.7 Å². The first-order valence-corrected chi connectivity index (χ1v) is 12.9. The van der Waals surface area contributed by atoms with Crippen molar-refractivity contribution in [1.29, 1.82) is 0 Å². The lowest BCUT2D eigenvalue weighted by molar-refractivity contribution is -0.118. The van der Waals surface area contributed by atoms with E-state index in [9.17, 15) is 4.79 Å². The summed E-state index contributed by atoms with van der Waals surface area (Å²) in [6.07, 6.45) is 1.84. The van der Waals surface area contributed by atoms with Crippen molar-refractivity contribution in [3.63, 3.8) is 0 Å². The maximum Gasteiger partial charge on any atom is 0.262 e. The number of nitrogens with zero attached hydrogens (tertiary/aromatic N) is 1. The Morgan fingerprint density at radius 1 is 1.06 bits per heavy atom. The predicted octanol–water partition coefficient (Wildman–Crippen LogP) is 5.77. The summed E-state index contributed by atoms with van der Waals surface area (Å²) in [5.74, 6) is 1.91. The summed E-state index contributed by atoms with van der Waals surface area (Å²) in [6.45, 7) is 5.84. The lowest BCUT2D eigenvalue weighted by atomic mass is 10.2. The van der Waals surface area contributed by atoms with Crippen molar-refractivity contribution in [2.45, 2.75) is 33.2 Å². The number of carbonyl (C=O) groups excluding carboxylic acids is 1. The van der Waals surface area contributed by atoms with Gasteiger partial charge in [0.1, 0.15) is 5.82 Å². The predicted molar refractivity (Wildman–Crippen MR) is 147 cm³/mol. The van der Waals surface area contributed by atoms with Gasteiger partial charge in [0.15, 0.2) is 18.1 Å². The van der Waals surface area contributed by atoms with Crippen molar-refractivity contribution >= 4 is 38.6 Å². The van der Waals surface area contributed by atoms with E-state index in [2.05, 4.69) is 36.5 Å². The highest BCUT2D eigenvalue weighted by atomic mass is 79.9. The van der Waals surface area contributed by atoms with Crippen molar-refractivity contribution in [2.75, 3.05) is 25.1 Å². The van der Waals surface area contributed by atoms with Crippen LogP contribution in [0, 0.1) is 6.92 Å². The highest BCUT2D eigenvalue weighted by Gasteiger charge is 2.13. The van der Waals surface area contributed by atoms with E-state index in [1.165, 1.54) is 0 Å². The molecule has 0 atom stereocenters. The summed E-state index contributed by atoms with van der Waals surface area (Å²) in [5.41, 5.74) is 5.00. The van der Waals surface area contributed by atoms with Crippen LogP contribution in [0.3, 0.4) is 0 Å². The first-order valence-electron chi connectivity index (χ1n) is 12.1. The number of hydrogen-bond acceptors (Lipinski definition) is 5. The number of H-pyrrole nitrogens is 1. The van der Waals surface area contributed by atoms with Gasteiger partial charge in [0.05, 0.1) is 17.6 Å². The fourth-order valence-corrected chi connectivity index (χ4v) is 4.26. The number of hydrogen-bond donors (Lipinski definition) is 3. The highest BCUT2D eigenvalue weighted by Crippen LogP contribution is 2.34. The fourth-order valence-electron chi connectivity index (χ4n) is 3.80. The number of imidazole rings is 1. The number of nitrogens with one attached hydrogen (secondary N) is 3. The molecule has 0 bridgehead atoms. The Labute approximate surface area is 219 Å². The number of anilines is 1. The molecule has 0 aliphatic heterocycles. The lowest BCUT2D eigenvalue weighted by Gasteiger charge is -2.15. The molecular weight excluding hydrogens is 520 g/mol. The molecule has 0 radical (unpaired) electrons. The average Bonchev–Trinajstić information content (AvgIpc) is 3.29. The molecule has 8 heteroatoms. The molecule has 7 nitrogen and oxygen atoms in total. The van der Waals surface area contributed by atoms with Gasteiger partial charge in [0, 0.05) is 23.1 Å². The van der Waals surface area contributed by atoms with Gasteiger partial charge >= 0.3 is 0 Å². The van der Waals surface area contributed by atoms with Gasteiger partial charge in [0.25, 0.3) is 5.91 Å². The zero-order valence-electron chi connectivity index (χ0n) is 20.6. The van der Waals surface area contributed by atoms with Gasteiger partial charge in [-0.1, -0.05) is 45.8 Å². The summed E-state index contributed by atoms with van der Waals surface area (Å²) in [5, 5.41) is 6.33. The molecule has 3 N–H and O–H groups in total. The van der Waals surface area contributed by atoms with E-state index in [1.54, 1.807) is 0 Å². The summed E-state index contributed by atoms with van der Waals surface area (Å²) in [4.78, 5) is 20.3. The molecule has 1 heterocycles. The number of aryl methyl sites for hydroxylation is 2. The molecule has 4 aromatic rings. The Morgan fingerprint density at radius 3 is 2.61 bits per heavy atom. The van der Waals surface area contributed by atoms with Crippen molar-refractivity contribution in [3.05, 3.63) is 82.1 Å². The topological polar surface area (TPSA) is 88.3 Å². The number of benzene rings is 3. The van der Waals surface area contributed by atoms with Gasteiger partial charge < -0.3 is 25.1 Å². The number of ether oxygens (including phenoxy) is 2. The summed E-state index contributed by atoms with van der Waals surface area (Å²) in [6, 6.07) is 19.5. The van der Waals surface area contributed by atoms with Crippen molar-refractivity contribution in [2.24, 2.45) is 0 Å². The molecule has 0 spiro atoms. The van der Waals surface area contributed by atoms with Gasteiger partial charge in [-0.05, 0) is 68.8 Å². The number of halogens is 1. The Balaban J connectivity index is 1.28. The summed E-state index contributed by atoms with van der Waals surface area (Å²) >= 11 is 3.63. The number of fused-ring (bicyclic) bond motifs is 1. The Kier molecular flexibility index (Phi) is 8.97. The van der Waals surface area contributed by atoms with Gasteiger partial charge in [-0.2, -0.15) is 0 Å². The van der Waals surface area contributed by atoms with Crippen LogP contribution in [0.1, 0.15) is 30.3 Å². The summed E-state index contributed by atoms with van der Waals surface area (Å²) < 4.78 is 12.5. The average molecular weight is 551 g/mol. The van der Waals surface area contributed by atoms with E-state index >= 15 is 0 Å². The zero-order valence-corrected chi connectivity index (χ0v) is 22.2. The zero-order chi connectivity index (χ0) is 25.3. The minimum atomic E-state index is -0.229. The van der Waals surface area contributed by atoms with E-state index in [1.807, 2.05) is 74.5 Å². The molecule has 0 aliphatic carbocycles. The lowest BCUT2D eigenvalue weighted by Crippen LogP contribution is -2.20. The fraction of sp³-hybridized carbons (Fsp3) is 0.286. The Bertz CT molecular complexity index is 1270. The van der Waals surface area contributed by atoms with Crippen molar-refractivity contribution in [3.8, 4) is 11.5 Å². The molecule has 0 saturated heterocycles. The second-order valence-corrected chi connectivity index (χ2v) is 9.36. The first kappa shape index (κ1) is 25.7. The number of aromatic nitrogens is 2. The third-order valence-corrected chi connectivity index (χ3v) is 6.37. The molecule has 1 amide bonds.